The molecule has 0 radical (unpaired) electrons. The summed E-state index contributed by atoms with van der Waals surface area (Å²) < 4.78 is 36.3. The quantitative estimate of drug-likeness (QED) is 0.815. The summed E-state index contributed by atoms with van der Waals surface area (Å²) in [4.78, 5) is 14.8. The van der Waals surface area contributed by atoms with Crippen LogP contribution < -0.4 is 5.73 Å². The van der Waals surface area contributed by atoms with Crippen molar-refractivity contribution in [2.24, 2.45) is 11.7 Å². The summed E-state index contributed by atoms with van der Waals surface area (Å²) in [5.74, 6) is -0.462. The van der Waals surface area contributed by atoms with E-state index in [-0.39, 0.29) is 0 Å². The van der Waals surface area contributed by atoms with Gasteiger partial charge in [0.1, 0.15) is 6.42 Å². The van der Waals surface area contributed by atoms with E-state index in [9.17, 15) is 18.0 Å². The SMILES string of the molecule is CC(CN)CN1CCN(C(=O)CC(F)(F)F)CC1. The van der Waals surface area contributed by atoms with Gasteiger partial charge in [-0.25, -0.2) is 0 Å². The maximum absolute atomic E-state index is 12.1. The van der Waals surface area contributed by atoms with Gasteiger partial charge in [0.15, 0.2) is 0 Å². The second-order valence-electron chi connectivity index (χ2n) is 4.81. The summed E-state index contributed by atoms with van der Waals surface area (Å²) in [5, 5.41) is 0. The Kier molecular flexibility index (Phi) is 5.40. The number of nitrogens with two attached hydrogens (primary N) is 1. The van der Waals surface area contributed by atoms with Gasteiger partial charge in [-0.3, -0.25) is 9.69 Å². The molecule has 1 saturated heterocycles. The highest BCUT2D eigenvalue weighted by atomic mass is 19.4. The number of piperazine rings is 1. The number of carbonyl (C=O) groups excluding carboxylic acids is 1. The zero-order valence-corrected chi connectivity index (χ0v) is 10.5. The van der Waals surface area contributed by atoms with Gasteiger partial charge in [0, 0.05) is 32.7 Å². The predicted octanol–water partition coefficient (Wildman–Crippen LogP) is 0.678. The van der Waals surface area contributed by atoms with Crippen molar-refractivity contribution in [1.29, 1.82) is 0 Å². The lowest BCUT2D eigenvalue weighted by Crippen LogP contribution is -2.50. The minimum Gasteiger partial charge on any atom is -0.340 e. The van der Waals surface area contributed by atoms with Gasteiger partial charge in [-0.2, -0.15) is 13.2 Å². The molecule has 0 aromatic heterocycles. The molecular formula is C11H20F3N3O. The van der Waals surface area contributed by atoms with Crippen molar-refractivity contribution in [3.05, 3.63) is 0 Å². The standard InChI is InChI=1S/C11H20F3N3O/c1-9(7-15)8-16-2-4-17(5-3-16)10(18)6-11(12,13)14/h9H,2-8,15H2,1H3. The summed E-state index contributed by atoms with van der Waals surface area (Å²) in [6.07, 6.45) is -5.77. The van der Waals surface area contributed by atoms with Crippen LogP contribution in [0.15, 0.2) is 0 Å². The predicted molar refractivity (Wildman–Crippen MR) is 61.9 cm³/mol. The molecule has 1 amide bonds. The number of alkyl halides is 3. The maximum Gasteiger partial charge on any atom is 0.397 e. The van der Waals surface area contributed by atoms with Gasteiger partial charge in [0.25, 0.3) is 0 Å². The van der Waals surface area contributed by atoms with Gasteiger partial charge in [-0.15, -0.1) is 0 Å². The first kappa shape index (κ1) is 15.2. The molecule has 0 aromatic rings. The van der Waals surface area contributed by atoms with Gasteiger partial charge in [0.2, 0.25) is 5.91 Å². The van der Waals surface area contributed by atoms with Crippen molar-refractivity contribution in [2.45, 2.75) is 19.5 Å². The van der Waals surface area contributed by atoms with Gasteiger partial charge in [-0.1, -0.05) is 6.92 Å². The molecule has 7 heteroatoms. The van der Waals surface area contributed by atoms with E-state index in [2.05, 4.69) is 4.90 Å². The Morgan fingerprint density at radius 3 is 2.28 bits per heavy atom. The highest BCUT2D eigenvalue weighted by Gasteiger charge is 2.34. The molecular weight excluding hydrogens is 247 g/mol. The van der Waals surface area contributed by atoms with Crippen LogP contribution in [0.2, 0.25) is 0 Å². The molecule has 106 valence electrons. The molecule has 0 saturated carbocycles. The van der Waals surface area contributed by atoms with Crippen LogP contribution in [0.1, 0.15) is 13.3 Å². The summed E-state index contributed by atoms with van der Waals surface area (Å²) in [7, 11) is 0. The first-order valence-corrected chi connectivity index (χ1v) is 6.09. The van der Waals surface area contributed by atoms with Crippen LogP contribution in [0.4, 0.5) is 13.2 Å². The fourth-order valence-corrected chi connectivity index (χ4v) is 1.98. The first-order chi connectivity index (χ1) is 8.31. The Labute approximate surface area is 105 Å². The topological polar surface area (TPSA) is 49.6 Å². The third-order valence-corrected chi connectivity index (χ3v) is 3.05. The van der Waals surface area contributed by atoms with E-state index in [4.69, 9.17) is 5.73 Å². The molecule has 4 nitrogen and oxygen atoms in total. The van der Waals surface area contributed by atoms with Gasteiger partial charge >= 0.3 is 6.18 Å². The molecule has 18 heavy (non-hydrogen) atoms. The number of nitrogens with zero attached hydrogens (tertiary/aromatic N) is 2. The van der Waals surface area contributed by atoms with Crippen LogP contribution in [0.3, 0.4) is 0 Å². The van der Waals surface area contributed by atoms with E-state index in [1.54, 1.807) is 0 Å². The number of amides is 1. The van der Waals surface area contributed by atoms with Crippen LogP contribution in [-0.4, -0.2) is 61.2 Å². The Balaban J connectivity index is 2.33. The zero-order chi connectivity index (χ0) is 13.8. The summed E-state index contributed by atoms with van der Waals surface area (Å²) in [6, 6.07) is 0. The molecule has 1 unspecified atom stereocenters. The lowest BCUT2D eigenvalue weighted by Gasteiger charge is -2.36. The first-order valence-electron chi connectivity index (χ1n) is 6.09. The molecule has 2 N–H and O–H groups in total. The van der Waals surface area contributed by atoms with E-state index in [1.165, 1.54) is 4.90 Å². The molecule has 1 atom stereocenters. The average Bonchev–Trinajstić information content (AvgIpc) is 2.27. The van der Waals surface area contributed by atoms with Crippen molar-refractivity contribution in [2.75, 3.05) is 39.3 Å². The molecule has 1 rings (SSSR count). The highest BCUT2D eigenvalue weighted by molar-refractivity contribution is 5.76. The van der Waals surface area contributed by atoms with Gasteiger partial charge in [-0.05, 0) is 12.5 Å². The minimum atomic E-state index is -4.41. The smallest absolute Gasteiger partial charge is 0.340 e. The molecule has 1 heterocycles. The Morgan fingerprint density at radius 1 is 1.28 bits per heavy atom. The fourth-order valence-electron chi connectivity index (χ4n) is 1.98. The summed E-state index contributed by atoms with van der Waals surface area (Å²) >= 11 is 0. The normalized spacial score (nSPS) is 19.9. The average molecular weight is 267 g/mol. The Hall–Kier alpha value is -0.820. The second-order valence-corrected chi connectivity index (χ2v) is 4.81. The molecule has 0 bridgehead atoms. The van der Waals surface area contributed by atoms with Crippen molar-refractivity contribution in [3.8, 4) is 0 Å². The molecule has 0 spiro atoms. The van der Waals surface area contributed by atoms with Crippen LogP contribution in [0, 0.1) is 5.92 Å². The van der Waals surface area contributed by atoms with Crippen LogP contribution in [0.25, 0.3) is 0 Å². The minimum absolute atomic E-state index is 0.363. The van der Waals surface area contributed by atoms with E-state index in [1.807, 2.05) is 6.92 Å². The third kappa shape index (κ3) is 5.22. The lowest BCUT2D eigenvalue weighted by atomic mass is 10.1. The number of rotatable bonds is 4. The van der Waals surface area contributed by atoms with E-state index in [0.717, 1.165) is 6.54 Å². The number of halogens is 3. The van der Waals surface area contributed by atoms with Crippen molar-refractivity contribution >= 4 is 5.91 Å². The van der Waals surface area contributed by atoms with E-state index in [0.29, 0.717) is 38.6 Å². The second kappa shape index (κ2) is 6.38. The van der Waals surface area contributed by atoms with Crippen LogP contribution in [-0.2, 0) is 4.79 Å². The highest BCUT2D eigenvalue weighted by Crippen LogP contribution is 2.21. The van der Waals surface area contributed by atoms with Crippen LogP contribution in [0.5, 0.6) is 0 Å². The number of carbonyl (C=O) groups is 1. The van der Waals surface area contributed by atoms with E-state index >= 15 is 0 Å². The number of hydrogen-bond acceptors (Lipinski definition) is 3. The molecule has 0 aromatic carbocycles. The van der Waals surface area contributed by atoms with Crippen LogP contribution >= 0.6 is 0 Å². The maximum atomic E-state index is 12.1. The Morgan fingerprint density at radius 2 is 1.83 bits per heavy atom. The molecule has 0 aliphatic carbocycles. The summed E-state index contributed by atoms with van der Waals surface area (Å²) in [5.41, 5.74) is 5.52. The Bertz CT molecular complexity index is 275. The molecule has 1 aliphatic rings. The van der Waals surface area contributed by atoms with Gasteiger partial charge < -0.3 is 10.6 Å². The zero-order valence-electron chi connectivity index (χ0n) is 10.5. The van der Waals surface area contributed by atoms with Gasteiger partial charge in [0.05, 0.1) is 0 Å². The van der Waals surface area contributed by atoms with Crippen molar-refractivity contribution in [3.63, 3.8) is 0 Å². The summed E-state index contributed by atoms with van der Waals surface area (Å²) in [6.45, 7) is 5.42. The van der Waals surface area contributed by atoms with Crippen molar-refractivity contribution < 1.29 is 18.0 Å². The fraction of sp³-hybridized carbons (Fsp3) is 0.909. The molecule has 1 aliphatic heterocycles. The monoisotopic (exact) mass is 267 g/mol. The molecule has 1 fully saturated rings. The third-order valence-electron chi connectivity index (χ3n) is 3.05. The lowest BCUT2D eigenvalue weighted by molar-refractivity contribution is -0.162. The largest absolute Gasteiger partial charge is 0.397 e. The van der Waals surface area contributed by atoms with E-state index < -0.39 is 18.5 Å². The van der Waals surface area contributed by atoms with Crippen molar-refractivity contribution in [1.82, 2.24) is 9.80 Å². The number of hydrogen-bond donors (Lipinski definition) is 1.